The fraction of sp³-hybridized carbons (Fsp3) is 0.143. The maximum absolute atomic E-state index is 13.5. The van der Waals surface area contributed by atoms with Crippen LogP contribution in [0.2, 0.25) is 0 Å². The van der Waals surface area contributed by atoms with Crippen LogP contribution in [0.1, 0.15) is 33.5 Å². The molecule has 32 heavy (non-hydrogen) atoms. The summed E-state index contributed by atoms with van der Waals surface area (Å²) in [6.07, 6.45) is -0.304. The van der Waals surface area contributed by atoms with Gasteiger partial charge in [-0.1, -0.05) is 90.5 Å². The highest BCUT2D eigenvalue weighted by atomic mass is 16.3. The highest BCUT2D eigenvalue weighted by molar-refractivity contribution is 6.13. The fourth-order valence-electron chi connectivity index (χ4n) is 4.51. The third-order valence-corrected chi connectivity index (χ3v) is 6.21. The van der Waals surface area contributed by atoms with Crippen molar-refractivity contribution in [2.24, 2.45) is 0 Å². The van der Waals surface area contributed by atoms with Crippen molar-refractivity contribution in [3.05, 3.63) is 113 Å². The molecule has 158 valence electrons. The summed E-state index contributed by atoms with van der Waals surface area (Å²) in [5, 5.41) is 13.4. The molecule has 1 N–H and O–H groups in total. The largest absolute Gasteiger partial charge is 0.375 e. The molecule has 4 nitrogen and oxygen atoms in total. The molecular weight excluding hydrogens is 398 g/mol. The Kier molecular flexibility index (Phi) is 4.87. The Bertz CT molecular complexity index is 1340. The van der Waals surface area contributed by atoms with Gasteiger partial charge in [0, 0.05) is 11.1 Å². The number of anilines is 1. The fourth-order valence-corrected chi connectivity index (χ4v) is 4.51. The molecule has 0 bridgehead atoms. The van der Waals surface area contributed by atoms with Crippen LogP contribution in [0.25, 0.3) is 10.8 Å². The first-order valence-electron chi connectivity index (χ1n) is 10.7. The summed E-state index contributed by atoms with van der Waals surface area (Å²) in [5.74, 6) is -0.725. The standard InChI is InChI=1S/C28H23NO3/c1-19-13-15-20(16-14-19)18-29-25-12-5-4-11-24(25)28(32,27(29)31)17-26(30)23-10-6-8-21-7-2-3-9-22(21)23/h2-16,32H,17-18H2,1H3/t28-/m1/s1. The Labute approximate surface area is 186 Å². The van der Waals surface area contributed by atoms with E-state index in [9.17, 15) is 14.7 Å². The first-order valence-corrected chi connectivity index (χ1v) is 10.7. The zero-order valence-electron chi connectivity index (χ0n) is 17.8. The van der Waals surface area contributed by atoms with Gasteiger partial charge in [0.05, 0.1) is 18.7 Å². The molecule has 0 saturated heterocycles. The number of carbonyl (C=O) groups excluding carboxylic acids is 2. The van der Waals surface area contributed by atoms with Crippen LogP contribution < -0.4 is 4.90 Å². The Morgan fingerprint density at radius 2 is 1.56 bits per heavy atom. The van der Waals surface area contributed by atoms with Crippen LogP contribution in [0.5, 0.6) is 0 Å². The predicted molar refractivity (Wildman–Crippen MR) is 126 cm³/mol. The van der Waals surface area contributed by atoms with E-state index in [1.54, 1.807) is 23.1 Å². The SMILES string of the molecule is Cc1ccc(CN2C(=O)[C@@](O)(CC(=O)c3cccc4ccccc34)c3ccccc32)cc1. The van der Waals surface area contributed by atoms with Crippen molar-refractivity contribution in [3.63, 3.8) is 0 Å². The monoisotopic (exact) mass is 421 g/mol. The molecule has 0 radical (unpaired) electrons. The van der Waals surface area contributed by atoms with Crippen molar-refractivity contribution in [1.82, 2.24) is 0 Å². The van der Waals surface area contributed by atoms with Crippen molar-refractivity contribution >= 4 is 28.2 Å². The van der Waals surface area contributed by atoms with Gasteiger partial charge in [-0.05, 0) is 29.3 Å². The van der Waals surface area contributed by atoms with Crippen LogP contribution in [-0.2, 0) is 16.9 Å². The van der Waals surface area contributed by atoms with E-state index in [1.807, 2.05) is 79.7 Å². The molecule has 1 heterocycles. The molecule has 1 aliphatic heterocycles. The van der Waals surface area contributed by atoms with E-state index in [1.165, 1.54) is 0 Å². The van der Waals surface area contributed by atoms with Gasteiger partial charge in [-0.2, -0.15) is 0 Å². The summed E-state index contributed by atoms with van der Waals surface area (Å²) in [4.78, 5) is 28.4. The second kappa shape index (κ2) is 7.74. The van der Waals surface area contributed by atoms with E-state index in [0.29, 0.717) is 23.4 Å². The number of hydrogen-bond acceptors (Lipinski definition) is 3. The van der Waals surface area contributed by atoms with E-state index >= 15 is 0 Å². The number of rotatable bonds is 5. The zero-order valence-corrected chi connectivity index (χ0v) is 17.8. The van der Waals surface area contributed by atoms with Gasteiger partial charge in [0.25, 0.3) is 5.91 Å². The third kappa shape index (κ3) is 3.29. The van der Waals surface area contributed by atoms with Gasteiger partial charge in [-0.15, -0.1) is 0 Å². The molecular formula is C28H23NO3. The molecule has 0 spiro atoms. The van der Waals surface area contributed by atoms with Crippen molar-refractivity contribution in [2.45, 2.75) is 25.5 Å². The molecule has 4 aromatic carbocycles. The van der Waals surface area contributed by atoms with E-state index in [-0.39, 0.29) is 12.2 Å². The minimum Gasteiger partial charge on any atom is -0.375 e. The van der Waals surface area contributed by atoms with E-state index in [4.69, 9.17) is 0 Å². The van der Waals surface area contributed by atoms with Gasteiger partial charge in [-0.25, -0.2) is 0 Å². The topological polar surface area (TPSA) is 57.6 Å². The number of nitrogens with zero attached hydrogens (tertiary/aromatic N) is 1. The van der Waals surface area contributed by atoms with Crippen molar-refractivity contribution < 1.29 is 14.7 Å². The summed E-state index contributed by atoms with van der Waals surface area (Å²) < 4.78 is 0. The number of amides is 1. The smallest absolute Gasteiger partial charge is 0.264 e. The summed E-state index contributed by atoms with van der Waals surface area (Å²) in [6.45, 7) is 2.35. The van der Waals surface area contributed by atoms with Gasteiger partial charge < -0.3 is 10.0 Å². The minimum absolute atomic E-state index is 0.260. The Morgan fingerprint density at radius 3 is 2.38 bits per heavy atom. The lowest BCUT2D eigenvalue weighted by molar-refractivity contribution is -0.136. The van der Waals surface area contributed by atoms with Crippen molar-refractivity contribution in [1.29, 1.82) is 0 Å². The minimum atomic E-state index is -1.89. The lowest BCUT2D eigenvalue weighted by atomic mass is 9.87. The zero-order chi connectivity index (χ0) is 22.3. The number of Topliss-reactive ketones (excluding diaryl/α,β-unsaturated/α-hetero) is 1. The normalized spacial score (nSPS) is 17.6. The number of aliphatic hydroxyl groups is 1. The quantitative estimate of drug-likeness (QED) is 0.453. The predicted octanol–water partition coefficient (Wildman–Crippen LogP) is 5.16. The summed E-state index contributed by atoms with van der Waals surface area (Å²) in [6, 6.07) is 28.3. The molecule has 0 unspecified atom stereocenters. The van der Waals surface area contributed by atoms with Crippen molar-refractivity contribution in [3.8, 4) is 0 Å². The molecule has 0 fully saturated rings. The van der Waals surface area contributed by atoms with E-state index < -0.39 is 11.5 Å². The number of aryl methyl sites for hydroxylation is 1. The summed E-state index contributed by atoms with van der Waals surface area (Å²) >= 11 is 0. The number of hydrogen-bond donors (Lipinski definition) is 1. The molecule has 1 amide bonds. The number of para-hydroxylation sites is 1. The number of fused-ring (bicyclic) bond motifs is 2. The van der Waals surface area contributed by atoms with Crippen LogP contribution >= 0.6 is 0 Å². The lowest BCUT2D eigenvalue weighted by Gasteiger charge is -2.23. The Hall–Kier alpha value is -3.76. The highest BCUT2D eigenvalue weighted by Crippen LogP contribution is 2.43. The van der Waals surface area contributed by atoms with Gasteiger partial charge in [0.15, 0.2) is 11.4 Å². The average Bonchev–Trinajstić information content (AvgIpc) is 3.02. The van der Waals surface area contributed by atoms with E-state index in [0.717, 1.165) is 21.9 Å². The maximum atomic E-state index is 13.5. The second-order valence-electron chi connectivity index (χ2n) is 8.38. The van der Waals surface area contributed by atoms with Gasteiger partial charge in [0.2, 0.25) is 0 Å². The van der Waals surface area contributed by atoms with Crippen molar-refractivity contribution in [2.75, 3.05) is 4.90 Å². The first kappa shape index (κ1) is 20.2. The van der Waals surface area contributed by atoms with Gasteiger partial charge in [0.1, 0.15) is 0 Å². The van der Waals surface area contributed by atoms with Crippen LogP contribution in [0.3, 0.4) is 0 Å². The molecule has 1 atom stereocenters. The van der Waals surface area contributed by atoms with Crippen LogP contribution in [0.15, 0.2) is 91.0 Å². The molecule has 0 aromatic heterocycles. The van der Waals surface area contributed by atoms with Crippen LogP contribution in [-0.4, -0.2) is 16.8 Å². The molecule has 4 heteroatoms. The van der Waals surface area contributed by atoms with Gasteiger partial charge >= 0.3 is 0 Å². The summed E-state index contributed by atoms with van der Waals surface area (Å²) in [7, 11) is 0. The van der Waals surface area contributed by atoms with Crippen LogP contribution in [0.4, 0.5) is 5.69 Å². The summed E-state index contributed by atoms with van der Waals surface area (Å²) in [5.41, 5.74) is 1.84. The molecule has 1 aliphatic rings. The molecule has 0 aliphatic carbocycles. The number of benzene rings is 4. The third-order valence-electron chi connectivity index (χ3n) is 6.21. The maximum Gasteiger partial charge on any atom is 0.264 e. The number of carbonyl (C=O) groups is 2. The Morgan fingerprint density at radius 1 is 0.875 bits per heavy atom. The number of ketones is 1. The average molecular weight is 421 g/mol. The Balaban J connectivity index is 1.51. The lowest BCUT2D eigenvalue weighted by Crippen LogP contribution is -2.41. The first-order chi connectivity index (χ1) is 15.5. The van der Waals surface area contributed by atoms with Gasteiger partial charge in [-0.3, -0.25) is 9.59 Å². The molecule has 0 saturated carbocycles. The second-order valence-corrected chi connectivity index (χ2v) is 8.38. The molecule has 5 rings (SSSR count). The highest BCUT2D eigenvalue weighted by Gasteiger charge is 2.50. The van der Waals surface area contributed by atoms with E-state index in [2.05, 4.69) is 0 Å². The van der Waals surface area contributed by atoms with Crippen LogP contribution in [0, 0.1) is 6.92 Å². The molecule has 4 aromatic rings.